The molecule has 0 aromatic heterocycles. The summed E-state index contributed by atoms with van der Waals surface area (Å²) < 4.78 is 15.8. The minimum atomic E-state index is -1.19. The number of ether oxygens (including phenoxy) is 3. The molecule has 0 aliphatic heterocycles. The van der Waals surface area contributed by atoms with Crippen LogP contribution in [0.4, 0.5) is 0 Å². The summed E-state index contributed by atoms with van der Waals surface area (Å²) in [4.78, 5) is 11.5. The van der Waals surface area contributed by atoms with Crippen molar-refractivity contribution in [2.45, 2.75) is 59.0 Å². The molecule has 0 amide bonds. The van der Waals surface area contributed by atoms with Gasteiger partial charge in [0.25, 0.3) is 0 Å². The van der Waals surface area contributed by atoms with Gasteiger partial charge in [0.2, 0.25) is 5.91 Å². The van der Waals surface area contributed by atoms with E-state index in [4.69, 9.17) is 19.9 Å². The third-order valence-electron chi connectivity index (χ3n) is 1.87. The van der Waals surface area contributed by atoms with Gasteiger partial charge in [-0.15, -0.1) is 0 Å². The van der Waals surface area contributed by atoms with Crippen LogP contribution in [0.2, 0.25) is 0 Å². The van der Waals surface area contributed by atoms with E-state index in [1.807, 2.05) is 34.6 Å². The molecule has 0 aromatic rings. The van der Waals surface area contributed by atoms with Gasteiger partial charge in [-0.1, -0.05) is 0 Å². The number of rotatable bonds is 7. The van der Waals surface area contributed by atoms with E-state index in [9.17, 15) is 4.79 Å². The van der Waals surface area contributed by atoms with E-state index in [0.29, 0.717) is 13.2 Å². The van der Waals surface area contributed by atoms with E-state index in [0.717, 1.165) is 0 Å². The molecule has 0 fully saturated rings. The Bertz CT molecular complexity index is 229. The van der Waals surface area contributed by atoms with Crippen molar-refractivity contribution in [2.24, 2.45) is 5.73 Å². The normalized spacial score (nSPS) is 12.6. The zero-order chi connectivity index (χ0) is 13.5. The van der Waals surface area contributed by atoms with Crippen molar-refractivity contribution in [3.63, 3.8) is 0 Å². The van der Waals surface area contributed by atoms with Gasteiger partial charge >= 0.3 is 5.97 Å². The summed E-state index contributed by atoms with van der Waals surface area (Å²) in [5.41, 5.74) is 5.40. The number of hydrogen-bond acceptors (Lipinski definition) is 5. The van der Waals surface area contributed by atoms with Gasteiger partial charge in [0, 0.05) is 19.6 Å². The van der Waals surface area contributed by atoms with Crippen molar-refractivity contribution in [2.75, 3.05) is 13.2 Å². The van der Waals surface area contributed by atoms with Gasteiger partial charge in [-0.25, -0.2) is 0 Å². The molecule has 0 bridgehead atoms. The smallest absolute Gasteiger partial charge is 0.306 e. The molecule has 0 unspecified atom stereocenters. The van der Waals surface area contributed by atoms with Gasteiger partial charge in [-0.3, -0.25) is 10.5 Å². The van der Waals surface area contributed by atoms with Crippen molar-refractivity contribution in [1.29, 1.82) is 0 Å². The van der Waals surface area contributed by atoms with Crippen LogP contribution >= 0.6 is 0 Å². The standard InChI is InChI=1S/C12H25NO4/c1-6-15-12(13,16-7-2)9-8-10(14)17-11(3,4)5/h6-9,13H2,1-5H3. The fourth-order valence-corrected chi connectivity index (χ4v) is 1.34. The number of carbonyl (C=O) groups excluding carboxylic acids is 1. The molecule has 0 saturated carbocycles. The van der Waals surface area contributed by atoms with Gasteiger partial charge in [-0.05, 0) is 34.6 Å². The lowest BCUT2D eigenvalue weighted by molar-refractivity contribution is -0.235. The van der Waals surface area contributed by atoms with E-state index < -0.39 is 11.5 Å². The van der Waals surface area contributed by atoms with Gasteiger partial charge in [-0.2, -0.15) is 0 Å². The van der Waals surface area contributed by atoms with Gasteiger partial charge in [0.05, 0.1) is 6.42 Å². The molecule has 0 aliphatic carbocycles. The minimum absolute atomic E-state index is 0.174. The highest BCUT2D eigenvalue weighted by Gasteiger charge is 2.28. The van der Waals surface area contributed by atoms with Crippen molar-refractivity contribution in [3.8, 4) is 0 Å². The Morgan fingerprint density at radius 1 is 1.12 bits per heavy atom. The first-order valence-electron chi connectivity index (χ1n) is 6.01. The van der Waals surface area contributed by atoms with E-state index in [-0.39, 0.29) is 18.8 Å². The van der Waals surface area contributed by atoms with Crippen LogP contribution < -0.4 is 5.73 Å². The minimum Gasteiger partial charge on any atom is -0.460 e. The quantitative estimate of drug-likeness (QED) is 0.548. The summed E-state index contributed by atoms with van der Waals surface area (Å²) in [5, 5.41) is 0. The number of carbonyl (C=O) groups is 1. The van der Waals surface area contributed by atoms with Crippen molar-refractivity contribution in [3.05, 3.63) is 0 Å². The zero-order valence-corrected chi connectivity index (χ0v) is 11.5. The zero-order valence-electron chi connectivity index (χ0n) is 11.5. The Labute approximate surface area is 104 Å². The second kappa shape index (κ2) is 6.93. The highest BCUT2D eigenvalue weighted by molar-refractivity contribution is 5.69. The highest BCUT2D eigenvalue weighted by atomic mass is 16.7. The molecule has 0 saturated heterocycles. The first-order valence-corrected chi connectivity index (χ1v) is 6.01. The second-order valence-corrected chi connectivity index (χ2v) is 4.76. The molecule has 0 aliphatic rings. The molecule has 0 spiro atoms. The second-order valence-electron chi connectivity index (χ2n) is 4.76. The lowest BCUT2D eigenvalue weighted by atomic mass is 10.2. The Morgan fingerprint density at radius 2 is 1.59 bits per heavy atom. The molecule has 2 N–H and O–H groups in total. The largest absolute Gasteiger partial charge is 0.460 e. The fourth-order valence-electron chi connectivity index (χ4n) is 1.34. The van der Waals surface area contributed by atoms with E-state index in [1.165, 1.54) is 0 Å². The van der Waals surface area contributed by atoms with Gasteiger partial charge < -0.3 is 14.2 Å². The average Bonchev–Trinajstić information content (AvgIpc) is 2.13. The Hall–Kier alpha value is -0.650. The fraction of sp³-hybridized carbons (Fsp3) is 0.917. The maximum absolute atomic E-state index is 11.5. The maximum atomic E-state index is 11.5. The summed E-state index contributed by atoms with van der Waals surface area (Å²) in [5.74, 6) is -1.49. The van der Waals surface area contributed by atoms with Gasteiger partial charge in [0.15, 0.2) is 0 Å². The topological polar surface area (TPSA) is 70.8 Å². The highest BCUT2D eigenvalue weighted by Crippen LogP contribution is 2.16. The van der Waals surface area contributed by atoms with Gasteiger partial charge in [0.1, 0.15) is 5.60 Å². The third kappa shape index (κ3) is 8.12. The van der Waals surface area contributed by atoms with Crippen LogP contribution in [-0.2, 0) is 19.0 Å². The lowest BCUT2D eigenvalue weighted by Gasteiger charge is -2.29. The lowest BCUT2D eigenvalue weighted by Crippen LogP contribution is -2.46. The molecule has 102 valence electrons. The molecule has 17 heavy (non-hydrogen) atoms. The summed E-state index contributed by atoms with van der Waals surface area (Å²) >= 11 is 0. The van der Waals surface area contributed by atoms with Crippen molar-refractivity contribution >= 4 is 5.97 Å². The molecule has 0 rings (SSSR count). The van der Waals surface area contributed by atoms with E-state index >= 15 is 0 Å². The maximum Gasteiger partial charge on any atom is 0.306 e. The Kier molecular flexibility index (Phi) is 6.67. The van der Waals surface area contributed by atoms with E-state index in [2.05, 4.69) is 0 Å². The first-order chi connectivity index (χ1) is 7.72. The molecular weight excluding hydrogens is 222 g/mol. The number of hydrogen-bond donors (Lipinski definition) is 1. The first kappa shape index (κ1) is 16.4. The van der Waals surface area contributed by atoms with Crippen molar-refractivity contribution in [1.82, 2.24) is 0 Å². The molecule has 5 nitrogen and oxygen atoms in total. The van der Waals surface area contributed by atoms with Crippen molar-refractivity contribution < 1.29 is 19.0 Å². The van der Waals surface area contributed by atoms with Crippen LogP contribution in [0.15, 0.2) is 0 Å². The summed E-state index contributed by atoms with van der Waals surface area (Å²) in [7, 11) is 0. The summed E-state index contributed by atoms with van der Waals surface area (Å²) in [6, 6.07) is 0. The Morgan fingerprint density at radius 3 is 1.94 bits per heavy atom. The Balaban J connectivity index is 4.17. The van der Waals surface area contributed by atoms with E-state index in [1.54, 1.807) is 0 Å². The number of esters is 1. The predicted octanol–water partition coefficient (Wildman–Crippen LogP) is 1.79. The third-order valence-corrected chi connectivity index (χ3v) is 1.87. The average molecular weight is 247 g/mol. The molecule has 0 heterocycles. The monoisotopic (exact) mass is 247 g/mol. The predicted molar refractivity (Wildman–Crippen MR) is 65.2 cm³/mol. The molecule has 5 heteroatoms. The summed E-state index contributed by atoms with van der Waals surface area (Å²) in [6.07, 6.45) is 0.456. The van der Waals surface area contributed by atoms with Crippen LogP contribution in [-0.4, -0.2) is 30.7 Å². The molecule has 0 atom stereocenters. The SMILES string of the molecule is CCOC(N)(CCC(=O)OC(C)(C)C)OCC. The van der Waals surface area contributed by atoms with Crippen LogP contribution in [0.25, 0.3) is 0 Å². The molecular formula is C12H25NO4. The van der Waals surface area contributed by atoms with Crippen LogP contribution in [0.3, 0.4) is 0 Å². The molecule has 0 radical (unpaired) electrons. The van der Waals surface area contributed by atoms with Crippen LogP contribution in [0.5, 0.6) is 0 Å². The number of nitrogens with two attached hydrogens (primary N) is 1. The molecule has 0 aromatic carbocycles. The van der Waals surface area contributed by atoms with Crippen LogP contribution in [0, 0.1) is 0 Å². The summed E-state index contributed by atoms with van der Waals surface area (Å²) in [6.45, 7) is 10.0. The van der Waals surface area contributed by atoms with Crippen LogP contribution in [0.1, 0.15) is 47.5 Å².